The zero-order valence-corrected chi connectivity index (χ0v) is 17.7. The second-order valence-corrected chi connectivity index (χ2v) is 9.56. The van der Waals surface area contributed by atoms with E-state index in [4.69, 9.17) is 0 Å². The number of carbonyl (C=O) groups is 2. The number of sulfonamides is 1. The van der Waals surface area contributed by atoms with Crippen molar-refractivity contribution in [2.75, 3.05) is 14.1 Å². The molecule has 3 N–H and O–H groups in total. The van der Waals surface area contributed by atoms with Crippen molar-refractivity contribution >= 4 is 21.8 Å². The van der Waals surface area contributed by atoms with Crippen LogP contribution in [0.4, 0.5) is 18.0 Å². The van der Waals surface area contributed by atoms with E-state index in [0.29, 0.717) is 0 Å². The molecule has 2 aromatic carbocycles. The van der Waals surface area contributed by atoms with E-state index < -0.39 is 45.7 Å². The van der Waals surface area contributed by atoms with Gasteiger partial charge in [-0.1, -0.05) is 42.5 Å². The maximum Gasteiger partial charge on any atom is 0.437 e. The Balaban J connectivity index is 2.10. The summed E-state index contributed by atoms with van der Waals surface area (Å²) in [5.74, 6) is -3.33. The highest BCUT2D eigenvalue weighted by molar-refractivity contribution is 7.89. The van der Waals surface area contributed by atoms with E-state index in [9.17, 15) is 36.3 Å². The Labute approximate surface area is 182 Å². The van der Waals surface area contributed by atoms with Crippen LogP contribution < -0.4 is 10.6 Å². The molecule has 172 valence electrons. The molecule has 0 aliphatic carbocycles. The van der Waals surface area contributed by atoms with Crippen molar-refractivity contribution in [2.24, 2.45) is 5.92 Å². The fraction of sp³-hybridized carbons (Fsp3) is 0.300. The Morgan fingerprint density at radius 1 is 1.06 bits per heavy atom. The van der Waals surface area contributed by atoms with Gasteiger partial charge in [0.1, 0.15) is 5.92 Å². The molecule has 0 bridgehead atoms. The number of halogens is 3. The van der Waals surface area contributed by atoms with Crippen LogP contribution in [0.1, 0.15) is 22.0 Å². The number of hydrogen-bond acceptors (Lipinski definition) is 5. The molecule has 0 unspecified atom stereocenters. The lowest BCUT2D eigenvalue weighted by Gasteiger charge is -2.45. The molecule has 1 fully saturated rings. The molecule has 0 aromatic heterocycles. The van der Waals surface area contributed by atoms with Gasteiger partial charge in [-0.05, 0) is 17.7 Å². The number of nitrogens with one attached hydrogen (secondary N) is 2. The number of urea groups is 1. The van der Waals surface area contributed by atoms with Crippen LogP contribution in [0.15, 0.2) is 59.5 Å². The van der Waals surface area contributed by atoms with Gasteiger partial charge in [-0.2, -0.15) is 13.2 Å². The van der Waals surface area contributed by atoms with Crippen molar-refractivity contribution in [2.45, 2.75) is 22.8 Å². The van der Waals surface area contributed by atoms with E-state index in [0.717, 1.165) is 28.6 Å². The smallest absolute Gasteiger partial charge is 0.363 e. The van der Waals surface area contributed by atoms with Gasteiger partial charge >= 0.3 is 12.2 Å². The van der Waals surface area contributed by atoms with Gasteiger partial charge in [0, 0.05) is 19.7 Å². The van der Waals surface area contributed by atoms with Crippen molar-refractivity contribution in [3.63, 3.8) is 0 Å². The number of rotatable bonds is 5. The lowest BCUT2D eigenvalue weighted by Crippen LogP contribution is -2.72. The molecule has 3 atom stereocenters. The van der Waals surface area contributed by atoms with Gasteiger partial charge < -0.3 is 15.7 Å². The second-order valence-electron chi connectivity index (χ2n) is 7.40. The van der Waals surface area contributed by atoms with Crippen LogP contribution in [0.2, 0.25) is 0 Å². The normalized spacial score (nSPS) is 24.0. The minimum absolute atomic E-state index is 0.167. The Kier molecular flexibility index (Phi) is 6.06. The molecule has 12 heteroatoms. The van der Waals surface area contributed by atoms with E-state index in [1.807, 2.05) is 0 Å². The first-order valence-electron chi connectivity index (χ1n) is 9.28. The Bertz CT molecular complexity index is 1120. The predicted molar refractivity (Wildman–Crippen MR) is 107 cm³/mol. The number of carbonyl (C=O) groups excluding carboxylic acids is 2. The molecular weight excluding hydrogens is 451 g/mol. The summed E-state index contributed by atoms with van der Waals surface area (Å²) in [7, 11) is -1.22. The molecule has 0 saturated carbocycles. The minimum Gasteiger partial charge on any atom is -0.363 e. The SMILES string of the molecule is CN(C)S(=O)(=O)c1ccc(C(=O)[C@@H]2[C@@H](c3ccccc3)NC(=O)N[C@]2(O)C(F)(F)F)cc1. The molecule has 3 rings (SSSR count). The minimum atomic E-state index is -5.38. The number of Topliss-reactive ketones (excluding diaryl/α,β-unsaturated/α-hetero) is 1. The second kappa shape index (κ2) is 8.19. The van der Waals surface area contributed by atoms with Gasteiger partial charge in [-0.15, -0.1) is 0 Å². The summed E-state index contributed by atoms with van der Waals surface area (Å²) in [5, 5.41) is 14.3. The maximum atomic E-state index is 13.9. The van der Waals surface area contributed by atoms with E-state index in [1.165, 1.54) is 43.7 Å². The fourth-order valence-electron chi connectivity index (χ4n) is 3.46. The number of ketones is 1. The number of benzene rings is 2. The first-order chi connectivity index (χ1) is 14.8. The third-order valence-corrected chi connectivity index (χ3v) is 6.99. The van der Waals surface area contributed by atoms with Crippen molar-refractivity contribution in [1.82, 2.24) is 14.9 Å². The van der Waals surface area contributed by atoms with Crippen molar-refractivity contribution in [1.29, 1.82) is 0 Å². The molecule has 2 amide bonds. The van der Waals surface area contributed by atoms with Gasteiger partial charge in [0.25, 0.3) is 0 Å². The number of aliphatic hydroxyl groups is 1. The summed E-state index contributed by atoms with van der Waals surface area (Å²) < 4.78 is 67.1. The van der Waals surface area contributed by atoms with Gasteiger partial charge in [-0.3, -0.25) is 4.79 Å². The maximum absolute atomic E-state index is 13.9. The van der Waals surface area contributed by atoms with Gasteiger partial charge in [-0.25, -0.2) is 17.5 Å². The number of hydrogen-bond donors (Lipinski definition) is 3. The standard InChI is InChI=1S/C20H20F3N3O5S/c1-26(2)32(30,31)14-10-8-13(9-11-14)17(27)15-16(12-6-4-3-5-7-12)24-18(28)25-19(15,29)20(21,22)23/h3-11,15-16,29H,1-2H3,(H2,24,25,28)/t15-,16+,19+/m0/s1. The number of nitrogens with zero attached hydrogens (tertiary/aromatic N) is 1. The molecule has 32 heavy (non-hydrogen) atoms. The van der Waals surface area contributed by atoms with Crippen LogP contribution in [0.25, 0.3) is 0 Å². The zero-order chi connectivity index (χ0) is 23.9. The summed E-state index contributed by atoms with van der Waals surface area (Å²) in [6, 6.07) is 8.95. The molecule has 0 radical (unpaired) electrons. The number of alkyl halides is 3. The van der Waals surface area contributed by atoms with Gasteiger partial charge in [0.2, 0.25) is 15.7 Å². The monoisotopic (exact) mass is 471 g/mol. The Morgan fingerprint density at radius 2 is 1.62 bits per heavy atom. The largest absolute Gasteiger partial charge is 0.437 e. The lowest BCUT2D eigenvalue weighted by molar-refractivity contribution is -0.287. The first kappa shape index (κ1) is 23.7. The van der Waals surface area contributed by atoms with Crippen LogP contribution in [-0.4, -0.2) is 55.6 Å². The van der Waals surface area contributed by atoms with Crippen LogP contribution in [0.3, 0.4) is 0 Å². The highest BCUT2D eigenvalue weighted by Gasteiger charge is 2.66. The van der Waals surface area contributed by atoms with Crippen molar-refractivity contribution < 1.29 is 36.3 Å². The molecule has 1 aliphatic heterocycles. The van der Waals surface area contributed by atoms with Crippen LogP contribution >= 0.6 is 0 Å². The predicted octanol–water partition coefficient (Wildman–Crippen LogP) is 2.04. The van der Waals surface area contributed by atoms with E-state index in [1.54, 1.807) is 6.07 Å². The molecule has 2 aromatic rings. The van der Waals surface area contributed by atoms with E-state index >= 15 is 0 Å². The lowest BCUT2D eigenvalue weighted by atomic mass is 9.77. The topological polar surface area (TPSA) is 116 Å². The third-order valence-electron chi connectivity index (χ3n) is 5.16. The van der Waals surface area contributed by atoms with Gasteiger partial charge in [0.05, 0.1) is 10.9 Å². The summed E-state index contributed by atoms with van der Waals surface area (Å²) in [6.45, 7) is 0. The Morgan fingerprint density at radius 3 is 2.12 bits per heavy atom. The zero-order valence-electron chi connectivity index (χ0n) is 16.9. The summed E-state index contributed by atoms with van der Waals surface area (Å²) in [6.07, 6.45) is -5.38. The quantitative estimate of drug-likeness (QED) is 0.578. The molecule has 0 spiro atoms. The van der Waals surface area contributed by atoms with Crippen LogP contribution in [0, 0.1) is 5.92 Å². The average molecular weight is 471 g/mol. The number of amides is 2. The summed E-state index contributed by atoms with van der Waals surface area (Å²) >= 11 is 0. The molecule has 1 aliphatic rings. The average Bonchev–Trinajstić information content (AvgIpc) is 2.72. The van der Waals surface area contributed by atoms with Crippen molar-refractivity contribution in [3.05, 3.63) is 65.7 Å². The Hall–Kier alpha value is -2.96. The molecule has 8 nitrogen and oxygen atoms in total. The van der Waals surface area contributed by atoms with Crippen LogP contribution in [0.5, 0.6) is 0 Å². The molecular formula is C20H20F3N3O5S. The molecule has 1 heterocycles. The van der Waals surface area contributed by atoms with E-state index in [-0.39, 0.29) is 16.0 Å². The van der Waals surface area contributed by atoms with E-state index in [2.05, 4.69) is 5.32 Å². The highest BCUT2D eigenvalue weighted by Crippen LogP contribution is 2.43. The van der Waals surface area contributed by atoms with Gasteiger partial charge in [0.15, 0.2) is 5.78 Å². The van der Waals surface area contributed by atoms with Crippen LogP contribution in [-0.2, 0) is 10.0 Å². The van der Waals surface area contributed by atoms with Crippen molar-refractivity contribution in [3.8, 4) is 0 Å². The molecule has 1 saturated heterocycles. The third kappa shape index (κ3) is 4.08. The first-order valence-corrected chi connectivity index (χ1v) is 10.7. The summed E-state index contributed by atoms with van der Waals surface area (Å²) in [5.41, 5.74) is -3.95. The summed E-state index contributed by atoms with van der Waals surface area (Å²) in [4.78, 5) is 25.0. The highest BCUT2D eigenvalue weighted by atomic mass is 32.2. The fourth-order valence-corrected chi connectivity index (χ4v) is 4.36.